The second-order valence-electron chi connectivity index (χ2n) is 9.29. The quantitative estimate of drug-likeness (QED) is 0.207. The number of rotatable bonds is 10. The molecule has 0 radical (unpaired) electrons. The van der Waals surface area contributed by atoms with Crippen molar-refractivity contribution in [2.75, 3.05) is 6.54 Å². The fourth-order valence-electron chi connectivity index (χ4n) is 4.76. The van der Waals surface area contributed by atoms with E-state index in [4.69, 9.17) is 16.6 Å². The number of nitrogens with zero attached hydrogens (tertiary/aromatic N) is 3. The highest BCUT2D eigenvalue weighted by Gasteiger charge is 2.29. The molecule has 0 spiro atoms. The Morgan fingerprint density at radius 1 is 0.973 bits per heavy atom. The van der Waals surface area contributed by atoms with E-state index in [1.165, 1.54) is 5.56 Å². The summed E-state index contributed by atoms with van der Waals surface area (Å²) in [5.74, 6) is 0.495. The number of benzene rings is 3. The minimum Gasteiger partial charge on any atom is -0.328 e. The Balaban J connectivity index is 1.90. The van der Waals surface area contributed by atoms with Gasteiger partial charge in [-0.05, 0) is 67.3 Å². The molecule has 0 aliphatic carbocycles. The summed E-state index contributed by atoms with van der Waals surface area (Å²) in [6.45, 7) is 6.86. The molecular weight excluding hydrogens is 482 g/mol. The first kappa shape index (κ1) is 26.6. The highest BCUT2D eigenvalue weighted by molar-refractivity contribution is 6.30. The molecular formula is C31H34ClN3O2. The number of hydrogen-bond acceptors (Lipinski definition) is 3. The monoisotopic (exact) mass is 515 g/mol. The molecule has 4 aromatic rings. The number of hydrogen-bond donors (Lipinski definition) is 0. The molecule has 1 unspecified atom stereocenters. The summed E-state index contributed by atoms with van der Waals surface area (Å²) in [7, 11) is 0. The zero-order chi connectivity index (χ0) is 26.4. The maximum Gasteiger partial charge on any atom is 0.266 e. The first-order chi connectivity index (χ1) is 18.0. The smallest absolute Gasteiger partial charge is 0.266 e. The highest BCUT2D eigenvalue weighted by Crippen LogP contribution is 2.29. The molecule has 1 atom stereocenters. The summed E-state index contributed by atoms with van der Waals surface area (Å²) in [5, 5.41) is 1.06. The Morgan fingerprint density at radius 2 is 1.73 bits per heavy atom. The summed E-state index contributed by atoms with van der Waals surface area (Å²) < 4.78 is 1.63. The van der Waals surface area contributed by atoms with Crippen LogP contribution >= 0.6 is 11.6 Å². The maximum absolute atomic E-state index is 14.0. The van der Waals surface area contributed by atoms with Crippen molar-refractivity contribution in [3.05, 3.63) is 105 Å². The molecule has 37 heavy (non-hydrogen) atoms. The van der Waals surface area contributed by atoms with Gasteiger partial charge in [0.15, 0.2) is 0 Å². The summed E-state index contributed by atoms with van der Waals surface area (Å²) in [6.07, 6.45) is 4.46. The number of carbonyl (C=O) groups is 1. The number of aryl methyl sites for hydroxylation is 1. The van der Waals surface area contributed by atoms with E-state index in [9.17, 15) is 9.59 Å². The van der Waals surface area contributed by atoms with Crippen LogP contribution in [0.2, 0.25) is 5.02 Å². The van der Waals surface area contributed by atoms with Crippen molar-refractivity contribution < 1.29 is 4.79 Å². The van der Waals surface area contributed by atoms with Gasteiger partial charge in [0.25, 0.3) is 11.5 Å². The Labute approximate surface area is 223 Å². The predicted molar refractivity (Wildman–Crippen MR) is 152 cm³/mol. The molecule has 0 N–H and O–H groups in total. The third kappa shape index (κ3) is 5.78. The van der Waals surface area contributed by atoms with E-state index < -0.39 is 6.04 Å². The van der Waals surface area contributed by atoms with E-state index in [-0.39, 0.29) is 11.5 Å². The Bertz CT molecular complexity index is 1430. The summed E-state index contributed by atoms with van der Waals surface area (Å²) in [4.78, 5) is 34.7. The van der Waals surface area contributed by atoms with Crippen molar-refractivity contribution in [2.24, 2.45) is 0 Å². The summed E-state index contributed by atoms with van der Waals surface area (Å²) in [6, 6.07) is 22.0. The molecule has 1 heterocycles. The molecule has 3 aromatic carbocycles. The number of carbonyl (C=O) groups excluding carboxylic acids is 1. The first-order valence-electron chi connectivity index (χ1n) is 13.2. The lowest BCUT2D eigenvalue weighted by atomic mass is 10.0. The molecule has 0 aliphatic rings. The number of amides is 1. The molecule has 0 saturated carbocycles. The van der Waals surface area contributed by atoms with Gasteiger partial charge < -0.3 is 4.90 Å². The molecule has 5 nitrogen and oxygen atoms in total. The van der Waals surface area contributed by atoms with Crippen molar-refractivity contribution in [1.29, 1.82) is 0 Å². The Kier molecular flexibility index (Phi) is 8.78. The lowest BCUT2D eigenvalue weighted by Crippen LogP contribution is -2.39. The molecule has 192 valence electrons. The molecule has 1 amide bonds. The van der Waals surface area contributed by atoms with Gasteiger partial charge in [0, 0.05) is 17.1 Å². The third-order valence-electron chi connectivity index (χ3n) is 6.80. The number of unbranched alkanes of at least 4 members (excludes halogenated alkanes) is 2. The van der Waals surface area contributed by atoms with Gasteiger partial charge in [0.05, 0.1) is 22.6 Å². The summed E-state index contributed by atoms with van der Waals surface area (Å²) in [5.41, 5.74) is 2.91. The highest BCUT2D eigenvalue weighted by atomic mass is 35.5. The second-order valence-corrected chi connectivity index (χ2v) is 9.72. The number of para-hydroxylation sites is 1. The first-order valence-corrected chi connectivity index (χ1v) is 13.5. The van der Waals surface area contributed by atoms with E-state index in [0.717, 1.165) is 25.7 Å². The van der Waals surface area contributed by atoms with Gasteiger partial charge in [-0.3, -0.25) is 14.2 Å². The normalized spacial score (nSPS) is 12.0. The van der Waals surface area contributed by atoms with Crippen molar-refractivity contribution in [3.63, 3.8) is 0 Å². The van der Waals surface area contributed by atoms with Crippen molar-refractivity contribution >= 4 is 28.4 Å². The van der Waals surface area contributed by atoms with E-state index >= 15 is 0 Å². The van der Waals surface area contributed by atoms with Crippen LogP contribution in [0, 0.1) is 0 Å². The van der Waals surface area contributed by atoms with Gasteiger partial charge in [0.2, 0.25) is 0 Å². The molecule has 1 aromatic heterocycles. The molecule has 4 rings (SSSR count). The van der Waals surface area contributed by atoms with E-state index in [0.29, 0.717) is 46.0 Å². The number of fused-ring (bicyclic) bond motifs is 1. The van der Waals surface area contributed by atoms with Crippen LogP contribution in [0.1, 0.15) is 74.2 Å². The third-order valence-corrected chi connectivity index (χ3v) is 7.04. The SMILES string of the molecule is CCCCCN(C(=O)c1ccc(CC)cc1)C(CC)c1nc2ccccc2c(=O)n1-c1cccc(Cl)c1. The average Bonchev–Trinajstić information content (AvgIpc) is 2.92. The van der Waals surface area contributed by atoms with Gasteiger partial charge in [-0.15, -0.1) is 0 Å². The molecule has 0 aliphatic heterocycles. The number of halogens is 1. The van der Waals surface area contributed by atoms with Crippen molar-refractivity contribution in [2.45, 2.75) is 58.9 Å². The lowest BCUT2D eigenvalue weighted by Gasteiger charge is -2.32. The topological polar surface area (TPSA) is 55.2 Å². The van der Waals surface area contributed by atoms with Crippen molar-refractivity contribution in [1.82, 2.24) is 14.5 Å². The van der Waals surface area contributed by atoms with Crippen LogP contribution in [0.4, 0.5) is 0 Å². The fraction of sp³-hybridized carbons (Fsp3) is 0.323. The molecule has 0 fully saturated rings. The minimum atomic E-state index is -0.397. The van der Waals surface area contributed by atoms with Gasteiger partial charge in [-0.1, -0.05) is 75.5 Å². The minimum absolute atomic E-state index is 0.0503. The van der Waals surface area contributed by atoms with Crippen LogP contribution < -0.4 is 5.56 Å². The zero-order valence-electron chi connectivity index (χ0n) is 21.8. The average molecular weight is 516 g/mol. The van der Waals surface area contributed by atoms with E-state index in [1.807, 2.05) is 66.4 Å². The second kappa shape index (κ2) is 12.2. The zero-order valence-corrected chi connectivity index (χ0v) is 22.5. The number of aromatic nitrogens is 2. The van der Waals surface area contributed by atoms with E-state index in [1.54, 1.807) is 22.8 Å². The van der Waals surface area contributed by atoms with Crippen LogP contribution in [0.25, 0.3) is 16.6 Å². The van der Waals surface area contributed by atoms with Crippen LogP contribution in [0.5, 0.6) is 0 Å². The molecule has 0 bridgehead atoms. The molecule has 6 heteroatoms. The van der Waals surface area contributed by atoms with Gasteiger partial charge in [-0.2, -0.15) is 0 Å². The predicted octanol–water partition coefficient (Wildman–Crippen LogP) is 7.39. The van der Waals surface area contributed by atoms with E-state index in [2.05, 4.69) is 13.8 Å². The van der Waals surface area contributed by atoms with Crippen molar-refractivity contribution in [3.8, 4) is 5.69 Å². The Morgan fingerprint density at radius 3 is 2.41 bits per heavy atom. The maximum atomic E-state index is 14.0. The standard InChI is InChI=1S/C31H34ClN3O2/c1-4-7-10-20-34(30(36)23-18-16-22(5-2)17-19-23)28(6-3)29-33-27-15-9-8-14-26(27)31(37)35(29)25-13-11-12-24(32)21-25/h8-9,11-19,21,28H,4-7,10,20H2,1-3H3. The van der Waals surface area contributed by atoms with Gasteiger partial charge in [0.1, 0.15) is 5.82 Å². The summed E-state index contributed by atoms with van der Waals surface area (Å²) >= 11 is 6.33. The van der Waals surface area contributed by atoms with Gasteiger partial charge >= 0.3 is 0 Å². The fourth-order valence-corrected chi connectivity index (χ4v) is 4.94. The largest absolute Gasteiger partial charge is 0.328 e. The van der Waals surface area contributed by atoms with Crippen LogP contribution in [0.15, 0.2) is 77.6 Å². The Hall–Kier alpha value is -3.44. The van der Waals surface area contributed by atoms with Crippen LogP contribution in [-0.4, -0.2) is 26.9 Å². The van der Waals surface area contributed by atoms with Crippen LogP contribution in [-0.2, 0) is 6.42 Å². The lowest BCUT2D eigenvalue weighted by molar-refractivity contribution is 0.0655. The molecule has 0 saturated heterocycles. The van der Waals surface area contributed by atoms with Gasteiger partial charge in [-0.25, -0.2) is 4.98 Å². The van der Waals surface area contributed by atoms with Crippen LogP contribution in [0.3, 0.4) is 0 Å².